The van der Waals surface area contributed by atoms with Crippen LogP contribution in [-0.2, 0) is 10.9 Å². The molecule has 154 valence electrons. The van der Waals surface area contributed by atoms with E-state index in [1.165, 1.54) is 0 Å². The Balaban J connectivity index is 2.63. The van der Waals surface area contributed by atoms with E-state index in [2.05, 4.69) is 16.9 Å². The molecule has 2 rings (SSSR count). The summed E-state index contributed by atoms with van der Waals surface area (Å²) in [7, 11) is 0. The standard InChI is InChI=1S/C16H12ClF3N4O5/c1-3-23-13(25)11(17)12(16(18,19)20)22-15(23)21-9-6-5-8(14(26)29-4-2)7-10(9)24(27)28/h3,5-7H,1,4H2,2H3,(H,21,22). The van der Waals surface area contributed by atoms with Crippen LogP contribution in [0.3, 0.4) is 0 Å². The van der Waals surface area contributed by atoms with E-state index in [1.54, 1.807) is 6.92 Å². The molecular formula is C16H12ClF3N4O5. The molecule has 0 radical (unpaired) electrons. The van der Waals surface area contributed by atoms with Gasteiger partial charge in [0.15, 0.2) is 5.69 Å². The predicted molar refractivity (Wildman–Crippen MR) is 97.2 cm³/mol. The van der Waals surface area contributed by atoms with E-state index in [-0.39, 0.29) is 17.9 Å². The van der Waals surface area contributed by atoms with Crippen LogP contribution in [0.15, 0.2) is 29.6 Å². The minimum atomic E-state index is -5.05. The Morgan fingerprint density at radius 3 is 2.66 bits per heavy atom. The highest BCUT2D eigenvalue weighted by Gasteiger charge is 2.38. The maximum Gasteiger partial charge on any atom is 0.435 e. The first-order valence-corrected chi connectivity index (χ1v) is 8.13. The van der Waals surface area contributed by atoms with E-state index >= 15 is 0 Å². The summed E-state index contributed by atoms with van der Waals surface area (Å²) >= 11 is 5.45. The summed E-state index contributed by atoms with van der Waals surface area (Å²) in [5.41, 5.74) is -4.09. The largest absolute Gasteiger partial charge is 0.462 e. The molecule has 0 spiro atoms. The van der Waals surface area contributed by atoms with Crippen LogP contribution in [-0.4, -0.2) is 27.1 Å². The molecule has 29 heavy (non-hydrogen) atoms. The van der Waals surface area contributed by atoms with Crippen molar-refractivity contribution in [1.29, 1.82) is 0 Å². The Morgan fingerprint density at radius 1 is 1.48 bits per heavy atom. The predicted octanol–water partition coefficient (Wildman–Crippen LogP) is 3.84. The number of carbonyl (C=O) groups excluding carboxylic acids is 1. The van der Waals surface area contributed by atoms with Crippen molar-refractivity contribution in [2.24, 2.45) is 0 Å². The normalized spacial score (nSPS) is 11.1. The molecule has 0 saturated heterocycles. The van der Waals surface area contributed by atoms with Gasteiger partial charge in [-0.25, -0.2) is 9.78 Å². The highest BCUT2D eigenvalue weighted by atomic mass is 35.5. The molecule has 1 heterocycles. The molecule has 0 aliphatic rings. The molecule has 1 aromatic carbocycles. The molecule has 0 saturated carbocycles. The lowest BCUT2D eigenvalue weighted by molar-refractivity contribution is -0.384. The van der Waals surface area contributed by atoms with Crippen molar-refractivity contribution >= 4 is 41.1 Å². The summed E-state index contributed by atoms with van der Waals surface area (Å²) in [5, 5.41) is 12.4. The molecule has 0 aliphatic carbocycles. The number of halogens is 4. The van der Waals surface area contributed by atoms with Crippen LogP contribution in [0.25, 0.3) is 6.20 Å². The fourth-order valence-electron chi connectivity index (χ4n) is 2.21. The molecule has 9 nitrogen and oxygen atoms in total. The Hall–Kier alpha value is -3.41. The molecule has 0 atom stereocenters. The van der Waals surface area contributed by atoms with E-state index in [1.807, 2.05) is 0 Å². The van der Waals surface area contributed by atoms with Crippen molar-refractivity contribution in [3.05, 3.63) is 61.5 Å². The fourth-order valence-corrected chi connectivity index (χ4v) is 2.45. The second kappa shape index (κ2) is 8.31. The van der Waals surface area contributed by atoms with Crippen LogP contribution in [0.4, 0.5) is 30.5 Å². The quantitative estimate of drug-likeness (QED) is 0.418. The summed E-state index contributed by atoms with van der Waals surface area (Å²) in [6.45, 7) is 4.87. The van der Waals surface area contributed by atoms with Crippen LogP contribution in [0.2, 0.25) is 5.02 Å². The van der Waals surface area contributed by atoms with Crippen molar-refractivity contribution in [2.45, 2.75) is 13.1 Å². The summed E-state index contributed by atoms with van der Waals surface area (Å²) in [6, 6.07) is 3.09. The smallest absolute Gasteiger partial charge is 0.435 e. The lowest BCUT2D eigenvalue weighted by atomic mass is 10.1. The molecule has 1 N–H and O–H groups in total. The van der Waals surface area contributed by atoms with Gasteiger partial charge in [-0.2, -0.15) is 13.2 Å². The van der Waals surface area contributed by atoms with Gasteiger partial charge in [0.05, 0.1) is 17.1 Å². The van der Waals surface area contributed by atoms with Gasteiger partial charge in [0.1, 0.15) is 10.7 Å². The summed E-state index contributed by atoms with van der Waals surface area (Å²) in [4.78, 5) is 37.6. The number of nitro groups is 1. The third kappa shape index (κ3) is 4.54. The van der Waals surface area contributed by atoms with E-state index < -0.39 is 45.0 Å². The molecule has 0 bridgehead atoms. The number of ether oxygens (including phenoxy) is 1. The molecule has 0 amide bonds. The van der Waals surface area contributed by atoms with Gasteiger partial charge in [0.2, 0.25) is 5.95 Å². The topological polar surface area (TPSA) is 116 Å². The number of nitrogens with one attached hydrogen (secondary N) is 1. The second-order valence-electron chi connectivity index (χ2n) is 5.29. The summed E-state index contributed by atoms with van der Waals surface area (Å²) in [5.74, 6) is -1.54. The highest BCUT2D eigenvalue weighted by molar-refractivity contribution is 6.31. The van der Waals surface area contributed by atoms with Crippen LogP contribution in [0.1, 0.15) is 23.0 Å². The number of alkyl halides is 3. The molecular weight excluding hydrogens is 421 g/mol. The Morgan fingerprint density at radius 2 is 2.14 bits per heavy atom. The molecule has 0 fully saturated rings. The maximum atomic E-state index is 13.1. The molecule has 0 aliphatic heterocycles. The fraction of sp³-hybridized carbons (Fsp3) is 0.188. The van der Waals surface area contributed by atoms with Crippen LogP contribution < -0.4 is 10.9 Å². The van der Waals surface area contributed by atoms with Crippen molar-refractivity contribution < 1.29 is 27.6 Å². The first kappa shape index (κ1) is 21.9. The number of nitrogens with zero attached hydrogens (tertiary/aromatic N) is 3. The average Bonchev–Trinajstić information content (AvgIpc) is 2.64. The van der Waals surface area contributed by atoms with Gasteiger partial charge in [-0.1, -0.05) is 18.2 Å². The number of carbonyl (C=O) groups is 1. The first-order chi connectivity index (χ1) is 13.5. The van der Waals surface area contributed by atoms with E-state index in [4.69, 9.17) is 16.3 Å². The van der Waals surface area contributed by atoms with Crippen molar-refractivity contribution in [2.75, 3.05) is 11.9 Å². The number of hydrogen-bond donors (Lipinski definition) is 1. The van der Waals surface area contributed by atoms with Crippen molar-refractivity contribution in [1.82, 2.24) is 9.55 Å². The van der Waals surface area contributed by atoms with Crippen LogP contribution >= 0.6 is 11.6 Å². The van der Waals surface area contributed by atoms with Crippen LogP contribution in [0, 0.1) is 10.1 Å². The van der Waals surface area contributed by atoms with Crippen molar-refractivity contribution in [3.8, 4) is 0 Å². The third-order valence-corrected chi connectivity index (χ3v) is 3.80. The van der Waals surface area contributed by atoms with Gasteiger partial charge in [-0.15, -0.1) is 0 Å². The van der Waals surface area contributed by atoms with Gasteiger partial charge in [-0.05, 0) is 19.1 Å². The number of aromatic nitrogens is 2. The zero-order chi connectivity index (χ0) is 21.9. The minimum absolute atomic E-state index is 0.0349. The number of anilines is 2. The molecule has 1 aromatic heterocycles. The maximum absolute atomic E-state index is 13.1. The second-order valence-corrected chi connectivity index (χ2v) is 5.67. The lowest BCUT2D eigenvalue weighted by Crippen LogP contribution is -2.25. The minimum Gasteiger partial charge on any atom is -0.462 e. The third-order valence-electron chi connectivity index (χ3n) is 3.46. The molecule has 0 unspecified atom stereocenters. The average molecular weight is 433 g/mol. The van der Waals surface area contributed by atoms with E-state index in [0.29, 0.717) is 4.57 Å². The number of esters is 1. The molecule has 13 heteroatoms. The van der Waals surface area contributed by atoms with Crippen LogP contribution in [0.5, 0.6) is 0 Å². The Kier molecular flexibility index (Phi) is 6.27. The summed E-state index contributed by atoms with van der Waals surface area (Å²) < 4.78 is 44.6. The van der Waals surface area contributed by atoms with Crippen molar-refractivity contribution in [3.63, 3.8) is 0 Å². The first-order valence-electron chi connectivity index (χ1n) is 7.75. The Labute approximate surface area is 165 Å². The molecule has 2 aromatic rings. The van der Waals surface area contributed by atoms with Gasteiger partial charge >= 0.3 is 12.1 Å². The van der Waals surface area contributed by atoms with Gasteiger partial charge in [0.25, 0.3) is 11.2 Å². The SMILES string of the molecule is C=Cn1c(Nc2ccc(C(=O)OCC)cc2[N+](=O)[O-])nc(C(F)(F)F)c(Cl)c1=O. The summed E-state index contributed by atoms with van der Waals surface area (Å²) in [6.07, 6.45) is -4.21. The highest BCUT2D eigenvalue weighted by Crippen LogP contribution is 2.34. The van der Waals surface area contributed by atoms with E-state index in [0.717, 1.165) is 24.4 Å². The van der Waals surface area contributed by atoms with E-state index in [9.17, 15) is 32.9 Å². The van der Waals surface area contributed by atoms with Gasteiger partial charge in [-0.3, -0.25) is 19.5 Å². The monoisotopic (exact) mass is 432 g/mol. The number of hydrogen-bond acceptors (Lipinski definition) is 7. The lowest BCUT2D eigenvalue weighted by Gasteiger charge is -2.15. The number of nitro benzene ring substituents is 1. The zero-order valence-electron chi connectivity index (χ0n) is 14.6. The van der Waals surface area contributed by atoms with Gasteiger partial charge < -0.3 is 10.1 Å². The zero-order valence-corrected chi connectivity index (χ0v) is 15.4. The Bertz CT molecular complexity index is 1050. The van der Waals surface area contributed by atoms with Gasteiger partial charge in [0, 0.05) is 12.3 Å². The number of benzene rings is 1. The number of rotatable bonds is 6.